The van der Waals surface area contributed by atoms with Crippen LogP contribution in [0.15, 0.2) is 36.0 Å². The molecule has 0 bridgehead atoms. The molecule has 0 aliphatic carbocycles. The quantitative estimate of drug-likeness (QED) is 0.267. The Morgan fingerprint density at radius 1 is 1.19 bits per heavy atom. The van der Waals surface area contributed by atoms with Crippen LogP contribution in [0.3, 0.4) is 0 Å². The monoisotopic (exact) mass is 377 g/mol. The molecule has 0 aliphatic heterocycles. The van der Waals surface area contributed by atoms with E-state index in [1.807, 2.05) is 0 Å². The van der Waals surface area contributed by atoms with Crippen molar-refractivity contribution in [3.05, 3.63) is 41.6 Å². The van der Waals surface area contributed by atoms with E-state index < -0.39 is 23.9 Å². The van der Waals surface area contributed by atoms with Crippen molar-refractivity contribution in [1.29, 1.82) is 0 Å². The Labute approximate surface area is 158 Å². The van der Waals surface area contributed by atoms with Gasteiger partial charge in [0.25, 0.3) is 5.91 Å². The topological polar surface area (TPSA) is 160 Å². The number of hydrogen-bond donors (Lipinski definition) is 6. The summed E-state index contributed by atoms with van der Waals surface area (Å²) in [6.07, 6.45) is 1.77. The number of benzene rings is 1. The zero-order valence-electron chi connectivity index (χ0n) is 15.5. The maximum atomic E-state index is 12.5. The molecule has 0 saturated heterocycles. The average molecular weight is 377 g/mol. The van der Waals surface area contributed by atoms with Crippen molar-refractivity contribution in [3.8, 4) is 0 Å². The van der Waals surface area contributed by atoms with Crippen LogP contribution in [-0.4, -0.2) is 35.5 Å². The molecule has 0 aliphatic rings. The number of anilines is 1. The molecule has 4 amide bonds. The molecule has 0 heterocycles. The minimum atomic E-state index is -0.770. The minimum Gasteiger partial charge on any atom is -0.392 e. The van der Waals surface area contributed by atoms with Crippen molar-refractivity contribution < 1.29 is 19.5 Å². The molecule has 1 atom stereocenters. The van der Waals surface area contributed by atoms with E-state index in [-0.39, 0.29) is 31.2 Å². The lowest BCUT2D eigenvalue weighted by atomic mass is 10.0. The fraction of sp³-hybridized carbons (Fsp3) is 0.389. The number of aliphatic hydroxyl groups excluding tert-OH is 1. The third-order valence-corrected chi connectivity index (χ3v) is 3.71. The second-order valence-electron chi connectivity index (χ2n) is 6.27. The third kappa shape index (κ3) is 7.89. The number of amides is 4. The zero-order valence-corrected chi connectivity index (χ0v) is 15.5. The Balaban J connectivity index is 2.86. The average Bonchev–Trinajstić information content (AvgIpc) is 2.63. The molecule has 0 unspecified atom stereocenters. The van der Waals surface area contributed by atoms with E-state index in [9.17, 15) is 14.4 Å². The summed E-state index contributed by atoms with van der Waals surface area (Å²) in [5, 5.41) is 16.6. The van der Waals surface area contributed by atoms with Crippen LogP contribution in [0.1, 0.15) is 25.8 Å². The predicted octanol–water partition coefficient (Wildman–Crippen LogP) is 0.159. The van der Waals surface area contributed by atoms with Crippen molar-refractivity contribution >= 4 is 23.5 Å². The first-order valence-corrected chi connectivity index (χ1v) is 8.55. The van der Waals surface area contributed by atoms with Gasteiger partial charge in [0, 0.05) is 12.2 Å². The lowest BCUT2D eigenvalue weighted by Gasteiger charge is -2.17. The second-order valence-corrected chi connectivity index (χ2v) is 6.27. The van der Waals surface area contributed by atoms with Crippen LogP contribution >= 0.6 is 0 Å². The smallest absolute Gasteiger partial charge is 0.312 e. The normalized spacial score (nSPS) is 12.4. The minimum absolute atomic E-state index is 0.0219. The lowest BCUT2D eigenvalue weighted by molar-refractivity contribution is -0.124. The molecule has 0 spiro atoms. The molecule has 27 heavy (non-hydrogen) atoms. The SMILES string of the molecule is CC(C)[C@H](N)C(=O)N/C(=C\CCNC(N)=O)C(=O)Nc1ccc(CO)cc1. The van der Waals surface area contributed by atoms with Gasteiger partial charge in [-0.1, -0.05) is 32.1 Å². The Morgan fingerprint density at radius 3 is 2.33 bits per heavy atom. The first-order valence-electron chi connectivity index (χ1n) is 8.55. The number of primary amides is 1. The van der Waals surface area contributed by atoms with Crippen LogP contribution < -0.4 is 27.4 Å². The molecule has 148 valence electrons. The Bertz CT molecular complexity index is 685. The Kier molecular flexibility index (Phi) is 8.97. The number of rotatable bonds is 9. The molecule has 1 aromatic rings. The summed E-state index contributed by atoms with van der Waals surface area (Å²) in [5.74, 6) is -1.11. The van der Waals surface area contributed by atoms with Crippen molar-refractivity contribution in [3.63, 3.8) is 0 Å². The number of carbonyl (C=O) groups excluding carboxylic acids is 3. The number of aliphatic hydroxyl groups is 1. The summed E-state index contributed by atoms with van der Waals surface area (Å²) in [6.45, 7) is 3.71. The largest absolute Gasteiger partial charge is 0.392 e. The summed E-state index contributed by atoms with van der Waals surface area (Å²) in [4.78, 5) is 35.4. The maximum absolute atomic E-state index is 12.5. The van der Waals surface area contributed by atoms with Gasteiger partial charge in [-0.15, -0.1) is 0 Å². The standard InChI is InChI=1S/C18H27N5O4/c1-11(2)15(19)17(26)23-14(4-3-9-21-18(20)27)16(25)22-13-7-5-12(10-24)6-8-13/h4-8,11,15,24H,3,9-10,19H2,1-2H3,(H,22,25)(H,23,26)(H3,20,21,27)/b14-4-/t15-/m0/s1. The highest BCUT2D eigenvalue weighted by Gasteiger charge is 2.20. The summed E-state index contributed by atoms with van der Waals surface area (Å²) in [6, 6.07) is 5.17. The molecule has 9 nitrogen and oxygen atoms in total. The Hall–Kier alpha value is -2.91. The number of nitrogens with two attached hydrogens (primary N) is 2. The second kappa shape index (κ2) is 10.9. The zero-order chi connectivity index (χ0) is 20.4. The molecule has 0 aromatic heterocycles. The van der Waals surface area contributed by atoms with Crippen molar-refractivity contribution in [2.45, 2.75) is 32.9 Å². The fourth-order valence-electron chi connectivity index (χ4n) is 2.02. The van der Waals surface area contributed by atoms with E-state index in [1.165, 1.54) is 6.08 Å². The third-order valence-electron chi connectivity index (χ3n) is 3.71. The van der Waals surface area contributed by atoms with Crippen LogP contribution in [0.5, 0.6) is 0 Å². The summed E-state index contributed by atoms with van der Waals surface area (Å²) in [5.41, 5.74) is 12.0. The van der Waals surface area contributed by atoms with E-state index in [1.54, 1.807) is 38.1 Å². The highest BCUT2D eigenvalue weighted by molar-refractivity contribution is 6.06. The number of hydrogen-bond acceptors (Lipinski definition) is 5. The molecule has 1 aromatic carbocycles. The van der Waals surface area contributed by atoms with Gasteiger partial charge in [0.2, 0.25) is 5.91 Å². The molecular weight excluding hydrogens is 350 g/mol. The van der Waals surface area contributed by atoms with Gasteiger partial charge in [-0.05, 0) is 30.0 Å². The van der Waals surface area contributed by atoms with Crippen molar-refractivity contribution in [2.24, 2.45) is 17.4 Å². The molecule has 8 N–H and O–H groups in total. The van der Waals surface area contributed by atoms with Gasteiger partial charge in [-0.25, -0.2) is 4.79 Å². The summed E-state index contributed by atoms with van der Waals surface area (Å²) >= 11 is 0. The Morgan fingerprint density at radius 2 is 1.81 bits per heavy atom. The van der Waals surface area contributed by atoms with Crippen LogP contribution in [0, 0.1) is 5.92 Å². The molecule has 0 fully saturated rings. The predicted molar refractivity (Wildman–Crippen MR) is 102 cm³/mol. The fourth-order valence-corrected chi connectivity index (χ4v) is 2.02. The van der Waals surface area contributed by atoms with Crippen molar-refractivity contribution in [2.75, 3.05) is 11.9 Å². The number of carbonyl (C=O) groups is 3. The van der Waals surface area contributed by atoms with Gasteiger partial charge >= 0.3 is 6.03 Å². The van der Waals surface area contributed by atoms with E-state index in [0.717, 1.165) is 0 Å². The van der Waals surface area contributed by atoms with Gasteiger partial charge in [0.1, 0.15) is 5.70 Å². The van der Waals surface area contributed by atoms with E-state index in [0.29, 0.717) is 11.3 Å². The number of nitrogens with one attached hydrogen (secondary N) is 3. The van der Waals surface area contributed by atoms with Crippen LogP contribution in [0.2, 0.25) is 0 Å². The molecule has 0 saturated carbocycles. The maximum Gasteiger partial charge on any atom is 0.312 e. The molecular formula is C18H27N5O4. The molecule has 1 rings (SSSR count). The van der Waals surface area contributed by atoms with E-state index in [4.69, 9.17) is 16.6 Å². The summed E-state index contributed by atoms with van der Waals surface area (Å²) in [7, 11) is 0. The molecule has 0 radical (unpaired) electrons. The van der Waals surface area contributed by atoms with Crippen LogP contribution in [0.4, 0.5) is 10.5 Å². The number of urea groups is 1. The lowest BCUT2D eigenvalue weighted by Crippen LogP contribution is -2.45. The van der Waals surface area contributed by atoms with Gasteiger partial charge < -0.3 is 32.5 Å². The molecule has 9 heteroatoms. The van der Waals surface area contributed by atoms with Crippen LogP contribution in [0.25, 0.3) is 0 Å². The van der Waals surface area contributed by atoms with E-state index >= 15 is 0 Å². The highest BCUT2D eigenvalue weighted by atomic mass is 16.3. The first-order chi connectivity index (χ1) is 12.7. The highest BCUT2D eigenvalue weighted by Crippen LogP contribution is 2.11. The summed E-state index contributed by atoms with van der Waals surface area (Å²) < 4.78 is 0. The van der Waals surface area contributed by atoms with Gasteiger partial charge in [0.15, 0.2) is 0 Å². The van der Waals surface area contributed by atoms with Gasteiger partial charge in [-0.3, -0.25) is 9.59 Å². The van der Waals surface area contributed by atoms with E-state index in [2.05, 4.69) is 16.0 Å². The van der Waals surface area contributed by atoms with Gasteiger partial charge in [-0.2, -0.15) is 0 Å². The van der Waals surface area contributed by atoms with Gasteiger partial charge in [0.05, 0.1) is 12.6 Å². The first kappa shape index (κ1) is 22.1. The van der Waals surface area contributed by atoms with Crippen LogP contribution in [-0.2, 0) is 16.2 Å². The van der Waals surface area contributed by atoms with Crippen molar-refractivity contribution in [1.82, 2.24) is 10.6 Å².